The number of hydrogen-bond acceptors (Lipinski definition) is 3. The molecule has 0 saturated carbocycles. The number of anilines is 1. The van der Waals surface area contributed by atoms with Crippen molar-refractivity contribution in [3.8, 4) is 0 Å². The minimum absolute atomic E-state index is 0.0140. The van der Waals surface area contributed by atoms with Gasteiger partial charge in [-0.05, 0) is 18.6 Å². The highest BCUT2D eigenvalue weighted by molar-refractivity contribution is 5.30. The number of nitrogens with two attached hydrogens (primary N) is 1. The van der Waals surface area contributed by atoms with Crippen molar-refractivity contribution in [1.29, 1.82) is 0 Å². The number of aromatic nitrogens is 3. The Balaban J connectivity index is 2.07. The Labute approximate surface area is 93.1 Å². The third-order valence-electron chi connectivity index (χ3n) is 2.37. The lowest BCUT2D eigenvalue weighted by Crippen LogP contribution is -2.21. The standard InChI is InChI=1S/C11H14N4O/c1-9-2-3-14(11(16)6-9)4-5-15-8-10(12)7-13-15/h2-3,6-8H,4-5,12H2,1H3. The van der Waals surface area contributed by atoms with Crippen molar-refractivity contribution in [3.05, 3.63) is 46.6 Å². The van der Waals surface area contributed by atoms with Gasteiger partial charge in [0.1, 0.15) is 0 Å². The van der Waals surface area contributed by atoms with Gasteiger partial charge in [-0.2, -0.15) is 5.10 Å². The molecule has 2 N–H and O–H groups in total. The molecular formula is C11H14N4O. The predicted octanol–water partition coefficient (Wildman–Crippen LogP) is 0.636. The highest BCUT2D eigenvalue weighted by Gasteiger charge is 1.98. The number of hydrogen-bond donors (Lipinski definition) is 1. The maximum atomic E-state index is 11.6. The quantitative estimate of drug-likeness (QED) is 0.822. The van der Waals surface area contributed by atoms with Gasteiger partial charge in [0.15, 0.2) is 0 Å². The molecule has 16 heavy (non-hydrogen) atoms. The van der Waals surface area contributed by atoms with Crippen LogP contribution in [0.15, 0.2) is 35.5 Å². The van der Waals surface area contributed by atoms with Crippen molar-refractivity contribution in [2.75, 3.05) is 5.73 Å². The molecule has 0 radical (unpaired) electrons. The fourth-order valence-corrected chi connectivity index (χ4v) is 1.50. The lowest BCUT2D eigenvalue weighted by Gasteiger charge is -2.05. The highest BCUT2D eigenvalue weighted by Crippen LogP contribution is 1.98. The first kappa shape index (κ1) is 10.5. The van der Waals surface area contributed by atoms with Crippen LogP contribution in [0, 0.1) is 6.92 Å². The second-order valence-electron chi connectivity index (χ2n) is 3.77. The van der Waals surface area contributed by atoms with E-state index < -0.39 is 0 Å². The number of pyridine rings is 1. The summed E-state index contributed by atoms with van der Waals surface area (Å²) in [4.78, 5) is 11.6. The summed E-state index contributed by atoms with van der Waals surface area (Å²) >= 11 is 0. The SMILES string of the molecule is Cc1ccn(CCn2cc(N)cn2)c(=O)c1. The molecule has 2 rings (SSSR count). The molecule has 2 heterocycles. The molecule has 2 aromatic heterocycles. The summed E-state index contributed by atoms with van der Waals surface area (Å²) in [6.07, 6.45) is 5.14. The molecule has 0 aromatic carbocycles. The van der Waals surface area contributed by atoms with E-state index in [4.69, 9.17) is 5.73 Å². The van der Waals surface area contributed by atoms with Crippen LogP contribution in [0.1, 0.15) is 5.56 Å². The highest BCUT2D eigenvalue weighted by atomic mass is 16.1. The average Bonchev–Trinajstić information content (AvgIpc) is 2.63. The summed E-state index contributed by atoms with van der Waals surface area (Å²) in [5, 5.41) is 4.05. The van der Waals surface area contributed by atoms with Crippen LogP contribution in [0.25, 0.3) is 0 Å². The van der Waals surface area contributed by atoms with E-state index in [1.54, 1.807) is 33.9 Å². The molecule has 0 aliphatic heterocycles. The van der Waals surface area contributed by atoms with E-state index in [0.29, 0.717) is 18.8 Å². The predicted molar refractivity (Wildman–Crippen MR) is 62.1 cm³/mol. The zero-order chi connectivity index (χ0) is 11.5. The summed E-state index contributed by atoms with van der Waals surface area (Å²) < 4.78 is 3.38. The second kappa shape index (κ2) is 4.22. The van der Waals surface area contributed by atoms with Crippen LogP contribution in [-0.4, -0.2) is 14.3 Å². The summed E-state index contributed by atoms with van der Waals surface area (Å²) in [7, 11) is 0. The Morgan fingerprint density at radius 1 is 1.44 bits per heavy atom. The summed E-state index contributed by atoms with van der Waals surface area (Å²) in [5.41, 5.74) is 7.17. The molecule has 0 aliphatic rings. The maximum Gasteiger partial charge on any atom is 0.250 e. The molecular weight excluding hydrogens is 204 g/mol. The monoisotopic (exact) mass is 218 g/mol. The van der Waals surface area contributed by atoms with Crippen LogP contribution < -0.4 is 11.3 Å². The Kier molecular flexibility index (Phi) is 2.76. The van der Waals surface area contributed by atoms with Crippen LogP contribution >= 0.6 is 0 Å². The van der Waals surface area contributed by atoms with E-state index in [9.17, 15) is 4.79 Å². The smallest absolute Gasteiger partial charge is 0.250 e. The van der Waals surface area contributed by atoms with Crippen molar-refractivity contribution >= 4 is 5.69 Å². The number of nitrogens with zero attached hydrogens (tertiary/aromatic N) is 3. The molecule has 0 unspecified atom stereocenters. The summed E-state index contributed by atoms with van der Waals surface area (Å²) in [6.45, 7) is 3.14. The van der Waals surface area contributed by atoms with Gasteiger partial charge >= 0.3 is 0 Å². The van der Waals surface area contributed by atoms with Gasteiger partial charge in [0.25, 0.3) is 5.56 Å². The van der Waals surface area contributed by atoms with Crippen LogP contribution in [0.5, 0.6) is 0 Å². The molecule has 0 saturated heterocycles. The molecule has 84 valence electrons. The van der Waals surface area contributed by atoms with E-state index in [0.717, 1.165) is 5.56 Å². The second-order valence-corrected chi connectivity index (χ2v) is 3.77. The zero-order valence-electron chi connectivity index (χ0n) is 9.13. The largest absolute Gasteiger partial charge is 0.396 e. The third kappa shape index (κ3) is 2.31. The third-order valence-corrected chi connectivity index (χ3v) is 2.37. The van der Waals surface area contributed by atoms with E-state index >= 15 is 0 Å². The van der Waals surface area contributed by atoms with Crippen LogP contribution in [0.3, 0.4) is 0 Å². The molecule has 2 aromatic rings. The molecule has 0 aliphatic carbocycles. The van der Waals surface area contributed by atoms with Crippen molar-refractivity contribution in [2.24, 2.45) is 0 Å². The molecule has 0 atom stereocenters. The molecule has 0 amide bonds. The summed E-state index contributed by atoms with van der Waals surface area (Å²) in [5.74, 6) is 0. The van der Waals surface area contributed by atoms with Gasteiger partial charge < -0.3 is 10.3 Å². The van der Waals surface area contributed by atoms with E-state index in [-0.39, 0.29) is 5.56 Å². The number of aryl methyl sites for hydroxylation is 3. The zero-order valence-corrected chi connectivity index (χ0v) is 9.13. The Morgan fingerprint density at radius 2 is 2.25 bits per heavy atom. The topological polar surface area (TPSA) is 65.8 Å². The normalized spacial score (nSPS) is 10.6. The van der Waals surface area contributed by atoms with Crippen LogP contribution in [-0.2, 0) is 13.1 Å². The Morgan fingerprint density at radius 3 is 2.88 bits per heavy atom. The fraction of sp³-hybridized carbons (Fsp3) is 0.273. The minimum Gasteiger partial charge on any atom is -0.396 e. The van der Waals surface area contributed by atoms with Gasteiger partial charge in [0.2, 0.25) is 0 Å². The van der Waals surface area contributed by atoms with Gasteiger partial charge in [-0.15, -0.1) is 0 Å². The molecule has 5 nitrogen and oxygen atoms in total. The molecule has 0 spiro atoms. The Bertz CT molecular complexity index is 541. The van der Waals surface area contributed by atoms with Crippen molar-refractivity contribution in [1.82, 2.24) is 14.3 Å². The summed E-state index contributed by atoms with van der Waals surface area (Å²) in [6, 6.07) is 3.54. The van der Waals surface area contributed by atoms with Crippen molar-refractivity contribution in [3.63, 3.8) is 0 Å². The van der Waals surface area contributed by atoms with Gasteiger partial charge in [0.05, 0.1) is 18.4 Å². The van der Waals surface area contributed by atoms with Crippen molar-refractivity contribution < 1.29 is 0 Å². The van der Waals surface area contributed by atoms with Crippen molar-refractivity contribution in [2.45, 2.75) is 20.0 Å². The molecule has 5 heteroatoms. The van der Waals surface area contributed by atoms with E-state index in [1.165, 1.54) is 0 Å². The minimum atomic E-state index is 0.0140. The van der Waals surface area contributed by atoms with Crippen LogP contribution in [0.4, 0.5) is 5.69 Å². The van der Waals surface area contributed by atoms with Gasteiger partial charge in [-0.3, -0.25) is 9.48 Å². The van der Waals surface area contributed by atoms with E-state index in [2.05, 4.69) is 5.10 Å². The van der Waals surface area contributed by atoms with E-state index in [1.807, 2.05) is 13.0 Å². The van der Waals surface area contributed by atoms with Crippen LogP contribution in [0.2, 0.25) is 0 Å². The molecule has 0 bridgehead atoms. The lowest BCUT2D eigenvalue weighted by molar-refractivity contribution is 0.523. The number of nitrogen functional groups attached to an aromatic ring is 1. The Hall–Kier alpha value is -2.04. The maximum absolute atomic E-state index is 11.6. The average molecular weight is 218 g/mol. The molecule has 0 fully saturated rings. The first-order valence-corrected chi connectivity index (χ1v) is 5.10. The lowest BCUT2D eigenvalue weighted by atomic mass is 10.3. The first-order valence-electron chi connectivity index (χ1n) is 5.10. The van der Waals surface area contributed by atoms with Gasteiger partial charge in [-0.25, -0.2) is 0 Å². The van der Waals surface area contributed by atoms with Gasteiger partial charge in [0, 0.05) is 25.0 Å². The number of rotatable bonds is 3. The van der Waals surface area contributed by atoms with Gasteiger partial charge in [-0.1, -0.05) is 0 Å². The first-order chi connectivity index (χ1) is 7.65. The fourth-order valence-electron chi connectivity index (χ4n) is 1.50.